The zero-order valence-corrected chi connectivity index (χ0v) is 30.9. The zero-order chi connectivity index (χ0) is 36.2. The van der Waals surface area contributed by atoms with Gasteiger partial charge in [-0.25, -0.2) is 4.39 Å². The van der Waals surface area contributed by atoms with Crippen molar-refractivity contribution in [2.75, 3.05) is 59.6 Å². The molecule has 1 heterocycles. The molecule has 2 aromatic carbocycles. The highest BCUT2D eigenvalue weighted by Gasteiger charge is 2.14. The van der Waals surface area contributed by atoms with Crippen molar-refractivity contribution in [1.29, 1.82) is 5.41 Å². The van der Waals surface area contributed by atoms with E-state index in [4.69, 9.17) is 15.6 Å². The molecule has 0 aliphatic carbocycles. The molecule has 0 bridgehead atoms. The Hall–Kier alpha value is -3.43. The van der Waals surface area contributed by atoms with Crippen molar-refractivity contribution in [3.05, 3.63) is 107 Å². The second-order valence-corrected chi connectivity index (χ2v) is 11.4. The maximum Gasteiger partial charge on any atom is 0.146 e. The highest BCUT2D eigenvalue weighted by Crippen LogP contribution is 2.23. The van der Waals surface area contributed by atoms with E-state index in [0.717, 1.165) is 62.6 Å². The maximum absolute atomic E-state index is 14.6. The molecule has 0 unspecified atom stereocenters. The molecule has 0 aliphatic heterocycles. The summed E-state index contributed by atoms with van der Waals surface area (Å²) in [6.07, 6.45) is 6.10. The number of aryl methyl sites for hydroxylation is 4. The van der Waals surface area contributed by atoms with Gasteiger partial charge in [-0.05, 0) is 109 Å². The Labute approximate surface area is 285 Å². The number of nitrogens with zero attached hydrogens (tertiary/aromatic N) is 3. The van der Waals surface area contributed by atoms with Gasteiger partial charge in [0.2, 0.25) is 0 Å². The fourth-order valence-corrected chi connectivity index (χ4v) is 4.13. The smallest absolute Gasteiger partial charge is 0.146 e. The fraction of sp³-hybridized carbons (Fsp3) is 0.487. The van der Waals surface area contributed by atoms with Crippen molar-refractivity contribution in [2.24, 2.45) is 0 Å². The predicted octanol–water partition coefficient (Wildman–Crippen LogP) is 8.16. The highest BCUT2D eigenvalue weighted by molar-refractivity contribution is 6.09. The molecule has 8 heteroatoms. The summed E-state index contributed by atoms with van der Waals surface area (Å²) in [5, 5.41) is 23.2. The van der Waals surface area contributed by atoms with Crippen molar-refractivity contribution < 1.29 is 19.3 Å². The van der Waals surface area contributed by atoms with Crippen molar-refractivity contribution in [2.45, 2.75) is 73.6 Å². The first-order valence-electron chi connectivity index (χ1n) is 16.4. The van der Waals surface area contributed by atoms with Gasteiger partial charge < -0.3 is 24.7 Å². The first-order valence-corrected chi connectivity index (χ1v) is 16.4. The molecule has 3 aromatic rings. The first kappa shape index (κ1) is 45.7. The summed E-state index contributed by atoms with van der Waals surface area (Å²) < 4.78 is 19.0. The van der Waals surface area contributed by atoms with Gasteiger partial charge >= 0.3 is 0 Å². The van der Waals surface area contributed by atoms with Crippen LogP contribution in [0, 0.1) is 32.0 Å². The van der Waals surface area contributed by atoms with E-state index < -0.39 is 0 Å². The minimum absolute atomic E-state index is 0.143. The molecule has 264 valence electrons. The molecular formula is C39H63FN4O3. The summed E-state index contributed by atoms with van der Waals surface area (Å²) in [7, 11) is 7.00. The van der Waals surface area contributed by atoms with E-state index in [2.05, 4.69) is 73.2 Å². The second kappa shape index (κ2) is 28.8. The second-order valence-electron chi connectivity index (χ2n) is 11.4. The number of aromatic nitrogens is 1. The van der Waals surface area contributed by atoms with Crippen LogP contribution < -0.4 is 4.90 Å². The molecule has 3 rings (SSSR count). The van der Waals surface area contributed by atoms with Gasteiger partial charge in [-0.1, -0.05) is 74.4 Å². The Morgan fingerprint density at radius 3 is 1.91 bits per heavy atom. The third-order valence-corrected chi connectivity index (χ3v) is 6.41. The molecule has 0 spiro atoms. The highest BCUT2D eigenvalue weighted by atomic mass is 19.1. The van der Waals surface area contributed by atoms with Crippen LogP contribution in [-0.4, -0.2) is 80.6 Å². The molecule has 0 saturated carbocycles. The largest absolute Gasteiger partial charge is 0.400 e. The maximum atomic E-state index is 14.6. The van der Waals surface area contributed by atoms with Gasteiger partial charge in [0.05, 0.1) is 17.1 Å². The monoisotopic (exact) mass is 654 g/mol. The van der Waals surface area contributed by atoms with E-state index >= 15 is 0 Å². The summed E-state index contributed by atoms with van der Waals surface area (Å²) in [4.78, 5) is 8.41. The topological polar surface area (TPSA) is 92.9 Å². The number of hydrogen-bond donors (Lipinski definition) is 3. The van der Waals surface area contributed by atoms with Crippen molar-refractivity contribution in [3.63, 3.8) is 0 Å². The third-order valence-electron chi connectivity index (χ3n) is 6.41. The lowest BCUT2D eigenvalue weighted by Crippen LogP contribution is -2.26. The lowest BCUT2D eigenvalue weighted by atomic mass is 10.0. The average Bonchev–Trinajstić information content (AvgIpc) is 3.04. The number of anilines is 1. The van der Waals surface area contributed by atoms with Crippen LogP contribution in [0.4, 0.5) is 10.1 Å². The molecule has 1 aromatic heterocycles. The average molecular weight is 655 g/mol. The van der Waals surface area contributed by atoms with Gasteiger partial charge in [0.25, 0.3) is 0 Å². The molecule has 0 saturated heterocycles. The summed E-state index contributed by atoms with van der Waals surface area (Å²) in [5.74, 6) is -0.143. The number of ether oxygens (including phenoxy) is 1. The number of allylic oxidation sites excluding steroid dienone is 1. The first-order chi connectivity index (χ1) is 22.4. The lowest BCUT2D eigenvalue weighted by molar-refractivity contribution is 0.00539. The number of halogens is 1. The zero-order valence-electron chi connectivity index (χ0n) is 30.9. The van der Waals surface area contributed by atoms with Crippen LogP contribution in [0.15, 0.2) is 72.9 Å². The van der Waals surface area contributed by atoms with Crippen LogP contribution in [-0.2, 0) is 11.2 Å². The van der Waals surface area contributed by atoms with E-state index in [9.17, 15) is 4.39 Å². The predicted molar refractivity (Wildman–Crippen MR) is 199 cm³/mol. The van der Waals surface area contributed by atoms with Crippen LogP contribution >= 0.6 is 0 Å². The lowest BCUT2D eigenvalue weighted by Gasteiger charge is -2.25. The van der Waals surface area contributed by atoms with Gasteiger partial charge in [0.15, 0.2) is 0 Å². The Balaban J connectivity index is 0. The number of pyridine rings is 1. The Kier molecular flexibility index (Phi) is 28.0. The van der Waals surface area contributed by atoms with Gasteiger partial charge in [0.1, 0.15) is 12.6 Å². The van der Waals surface area contributed by atoms with Crippen molar-refractivity contribution in [3.8, 4) is 0 Å². The van der Waals surface area contributed by atoms with E-state index in [-0.39, 0.29) is 12.6 Å². The van der Waals surface area contributed by atoms with Gasteiger partial charge in [-0.2, -0.15) is 0 Å². The molecule has 0 aliphatic rings. The van der Waals surface area contributed by atoms with Crippen LogP contribution in [0.2, 0.25) is 0 Å². The molecule has 0 fully saturated rings. The molecule has 0 radical (unpaired) electrons. The summed E-state index contributed by atoms with van der Waals surface area (Å²) in [6.45, 7) is 18.3. The van der Waals surface area contributed by atoms with Gasteiger partial charge in [-0.15, -0.1) is 0 Å². The number of rotatable bonds is 13. The summed E-state index contributed by atoms with van der Waals surface area (Å²) in [5.41, 5.74) is 7.22. The summed E-state index contributed by atoms with van der Waals surface area (Å²) in [6, 6.07) is 17.9. The van der Waals surface area contributed by atoms with Gasteiger partial charge in [0, 0.05) is 33.0 Å². The van der Waals surface area contributed by atoms with Crippen LogP contribution in [0.5, 0.6) is 0 Å². The number of hydrogen-bond acceptors (Lipinski definition) is 7. The number of aliphatic hydroxyl groups is 2. The number of nitrogens with one attached hydrogen (secondary N) is 1. The molecule has 7 nitrogen and oxygen atoms in total. The Morgan fingerprint density at radius 1 is 0.915 bits per heavy atom. The van der Waals surface area contributed by atoms with E-state index in [1.807, 2.05) is 64.2 Å². The molecule has 3 N–H and O–H groups in total. The quantitative estimate of drug-likeness (QED) is 0.127. The normalized spacial score (nSPS) is 9.74. The summed E-state index contributed by atoms with van der Waals surface area (Å²) >= 11 is 0. The van der Waals surface area contributed by atoms with Crippen molar-refractivity contribution >= 4 is 11.4 Å². The molecule has 0 atom stereocenters. The SMILES string of the molecule is C=C(CCCN(CCC)c1ccc(CCC)cc1F)C(=N)c1ncccc1C.CCOCO.CN(C)C.CO.Cc1ccc(C)cc1. The fourth-order valence-electron chi connectivity index (χ4n) is 4.13. The van der Waals surface area contributed by atoms with E-state index in [1.165, 1.54) is 11.1 Å². The Bertz CT molecular complexity index is 1210. The van der Waals surface area contributed by atoms with Crippen LogP contribution in [0.25, 0.3) is 0 Å². The number of benzene rings is 2. The molecular weight excluding hydrogens is 591 g/mol. The standard InChI is InChI=1S/C24H32FN3.C8H10.C3H9N.C3H8O2.CH4O/c1-5-9-20-12-13-22(21(25)17-20)28(15-6-2)16-8-11-18(3)23(26)24-19(4)10-7-14-27-24;1-7-3-5-8(2)6-4-7;1-4(2)3;1-2-5-3-4;1-2/h7,10,12-14,17,26H,3,5-6,8-9,11,15-16H2,1-2,4H3;3-6H,1-2H3;1-3H3;4H,2-3H2,1H3;2H,1H3. The Morgan fingerprint density at radius 2 is 1.49 bits per heavy atom. The minimum atomic E-state index is -0.156. The third kappa shape index (κ3) is 21.9. The van der Waals surface area contributed by atoms with Crippen molar-refractivity contribution in [1.82, 2.24) is 9.88 Å². The van der Waals surface area contributed by atoms with E-state index in [1.54, 1.807) is 12.3 Å². The van der Waals surface area contributed by atoms with Crippen LogP contribution in [0.3, 0.4) is 0 Å². The van der Waals surface area contributed by atoms with Crippen LogP contribution in [0.1, 0.15) is 74.4 Å². The van der Waals surface area contributed by atoms with E-state index in [0.29, 0.717) is 30.1 Å². The van der Waals surface area contributed by atoms with Gasteiger partial charge in [-0.3, -0.25) is 10.4 Å². The molecule has 0 amide bonds. The molecule has 47 heavy (non-hydrogen) atoms. The minimum Gasteiger partial charge on any atom is -0.400 e. The number of aliphatic hydroxyl groups excluding tert-OH is 2.